The van der Waals surface area contributed by atoms with Crippen LogP contribution in [-0.2, 0) is 34.3 Å². The van der Waals surface area contributed by atoms with Crippen LogP contribution in [0, 0.1) is 17.8 Å². The highest BCUT2D eigenvalue weighted by Crippen LogP contribution is 2.38. The molecule has 1 unspecified atom stereocenters. The zero-order valence-electron chi connectivity index (χ0n) is 34.7. The summed E-state index contributed by atoms with van der Waals surface area (Å²) in [5.41, 5.74) is 0.486. The summed E-state index contributed by atoms with van der Waals surface area (Å²) in [4.78, 5) is 57.6. The van der Waals surface area contributed by atoms with Gasteiger partial charge in [-0.25, -0.2) is 0 Å². The van der Waals surface area contributed by atoms with Gasteiger partial charge in [-0.1, -0.05) is 79.6 Å². The lowest BCUT2D eigenvalue weighted by atomic mass is 9.97. The van der Waals surface area contributed by atoms with E-state index in [0.717, 1.165) is 5.56 Å². The monoisotopic (exact) mass is 721 g/mol. The molecule has 1 aromatic carbocycles. The van der Waals surface area contributed by atoms with Gasteiger partial charge in [-0.2, -0.15) is 20.5 Å². The van der Waals surface area contributed by atoms with Gasteiger partial charge in [0, 0.05) is 64.0 Å². The van der Waals surface area contributed by atoms with Crippen LogP contribution in [0.15, 0.2) is 44.7 Å². The van der Waals surface area contributed by atoms with Crippen molar-refractivity contribution in [1.82, 2.24) is 16.0 Å². The van der Waals surface area contributed by atoms with Gasteiger partial charge in [-0.15, -0.1) is 0 Å². The third kappa shape index (κ3) is 18.8. The molecule has 0 aromatic heterocycles. The van der Waals surface area contributed by atoms with Crippen LogP contribution in [0.5, 0.6) is 0 Å². The van der Waals surface area contributed by atoms with Crippen molar-refractivity contribution >= 4 is 29.3 Å². The average molecular weight is 722 g/mol. The molecule has 0 saturated carbocycles. The van der Waals surface area contributed by atoms with Crippen molar-refractivity contribution in [2.75, 3.05) is 39.5 Å². The normalized spacial score (nSPS) is 15.6. The molecule has 0 aliphatic carbocycles. The van der Waals surface area contributed by atoms with Crippen molar-refractivity contribution < 1.29 is 37.6 Å². The van der Waals surface area contributed by atoms with Crippen LogP contribution in [0.1, 0.15) is 115 Å². The van der Waals surface area contributed by atoms with Gasteiger partial charge in [0.05, 0.1) is 33.8 Å². The standard InChI is InChI=1S/C13H26N2O4.C12H21N3O2.C12H14N2O/c1-4-12(16)14-5-7-18-9-10-19-8-6-15-13(17)11(2)3;1-5-9(11(17)8(2)3)13-10(16)6-7-12(4)14-15-12;1-8(2)11(15)9-4-6-10(7-5-9)12(3)13-14-12/h11H,4-10H2,1-3H3,(H,14,16)(H,15,17);8-9H,5-7H2,1-4H3,(H,13,16);4-8H,1-3H3/i2*1T;4T. The van der Waals surface area contributed by atoms with Crippen LogP contribution in [-0.4, -0.2) is 80.5 Å². The Labute approximate surface area is 308 Å². The van der Waals surface area contributed by atoms with E-state index in [1.165, 1.54) is 0 Å². The lowest BCUT2D eigenvalue weighted by Crippen LogP contribution is -2.42. The third-order valence-electron chi connectivity index (χ3n) is 7.59. The van der Waals surface area contributed by atoms with E-state index in [-0.39, 0.29) is 79.0 Å². The van der Waals surface area contributed by atoms with Gasteiger partial charge in [-0.3, -0.25) is 24.0 Å². The van der Waals surface area contributed by atoms with Crippen LogP contribution in [0.2, 0.25) is 0 Å². The van der Waals surface area contributed by atoms with Crippen LogP contribution < -0.4 is 16.0 Å². The molecule has 0 saturated heterocycles. The minimum absolute atomic E-state index is 0.00591. The first-order chi connectivity index (χ1) is 25.4. The molecule has 1 aromatic rings. The van der Waals surface area contributed by atoms with Crippen LogP contribution in [0.4, 0.5) is 0 Å². The van der Waals surface area contributed by atoms with Crippen molar-refractivity contribution in [3.8, 4) is 0 Å². The van der Waals surface area contributed by atoms with E-state index in [1.54, 1.807) is 26.0 Å². The first-order valence-corrected chi connectivity index (χ1v) is 17.5. The predicted octanol–water partition coefficient (Wildman–Crippen LogP) is 5.55. The quantitative estimate of drug-likeness (QED) is 0.110. The second kappa shape index (κ2) is 22.8. The molecule has 2 heterocycles. The molecule has 14 heteroatoms. The van der Waals surface area contributed by atoms with Gasteiger partial charge in [-0.05, 0) is 20.3 Å². The third-order valence-corrected chi connectivity index (χ3v) is 7.59. The minimum Gasteiger partial charge on any atom is -0.377 e. The number of hydrogen-bond donors (Lipinski definition) is 3. The van der Waals surface area contributed by atoms with Gasteiger partial charge in [0.15, 0.2) is 17.2 Å². The van der Waals surface area contributed by atoms with Gasteiger partial charge >= 0.3 is 0 Å². The highest BCUT2D eigenvalue weighted by molar-refractivity contribution is 5.97. The van der Waals surface area contributed by atoms with Crippen LogP contribution in [0.25, 0.3) is 0 Å². The summed E-state index contributed by atoms with van der Waals surface area (Å²) >= 11 is 0. The first-order valence-electron chi connectivity index (χ1n) is 19.5. The SMILES string of the molecule is [3H]CCC(=O)NCCOCCOCCNC(=O)C(C)C.[3H]CCC(NC(=O)CCC1(C)N=N1)C(=O)C(C)C.[3H]c1cc(C2(C)N=N2)ccc1C(=O)C(C)C. The Kier molecular flexibility index (Phi) is 17.8. The zero-order valence-corrected chi connectivity index (χ0v) is 31.7. The van der Waals surface area contributed by atoms with E-state index in [0.29, 0.717) is 64.3 Å². The lowest BCUT2D eigenvalue weighted by molar-refractivity contribution is -0.129. The largest absolute Gasteiger partial charge is 0.377 e. The Bertz CT molecular complexity index is 1430. The second-order valence-electron chi connectivity index (χ2n) is 13.4. The Balaban J connectivity index is 0.000000407. The molecule has 14 nitrogen and oxygen atoms in total. The molecule has 286 valence electrons. The molecule has 2 aliphatic rings. The summed E-state index contributed by atoms with van der Waals surface area (Å²) in [7, 11) is 0. The predicted molar refractivity (Wildman–Crippen MR) is 195 cm³/mol. The summed E-state index contributed by atoms with van der Waals surface area (Å²) < 4.78 is 32.4. The maximum absolute atomic E-state index is 11.8. The van der Waals surface area contributed by atoms with E-state index < -0.39 is 11.7 Å². The number of benzene rings is 1. The van der Waals surface area contributed by atoms with E-state index in [1.807, 2.05) is 47.6 Å². The van der Waals surface area contributed by atoms with Crippen molar-refractivity contribution in [3.05, 3.63) is 35.4 Å². The number of ketones is 2. The molecule has 0 fully saturated rings. The lowest BCUT2D eigenvalue weighted by Gasteiger charge is -2.18. The topological polar surface area (TPSA) is 189 Å². The highest BCUT2D eigenvalue weighted by atomic mass is 16.5. The van der Waals surface area contributed by atoms with E-state index in [9.17, 15) is 24.0 Å². The van der Waals surface area contributed by atoms with E-state index in [4.69, 9.17) is 13.6 Å². The molecule has 0 radical (unpaired) electrons. The summed E-state index contributed by atoms with van der Waals surface area (Å²) in [5, 5.41) is 23.6. The molecular formula is C37H61N7O7. The summed E-state index contributed by atoms with van der Waals surface area (Å²) in [5.74, 6) is -0.499. The Morgan fingerprint density at radius 2 is 1.41 bits per heavy atom. The molecule has 0 spiro atoms. The van der Waals surface area contributed by atoms with E-state index in [2.05, 4.69) is 36.4 Å². The fourth-order valence-electron chi connectivity index (χ4n) is 3.99. The van der Waals surface area contributed by atoms with Gasteiger partial charge < -0.3 is 25.4 Å². The molecular weight excluding hydrogens is 654 g/mol. The first kappa shape index (κ1) is 39.9. The molecule has 2 aliphatic heterocycles. The molecule has 3 amide bonds. The molecule has 3 N–H and O–H groups in total. The summed E-state index contributed by atoms with van der Waals surface area (Å²) in [6, 6.07) is 4.93. The van der Waals surface area contributed by atoms with Crippen molar-refractivity contribution in [3.63, 3.8) is 0 Å². The minimum atomic E-state index is -0.532. The summed E-state index contributed by atoms with van der Waals surface area (Å²) in [6.07, 6.45) is 1.48. The number of nitrogens with zero attached hydrogens (tertiary/aromatic N) is 4. The van der Waals surface area contributed by atoms with Crippen molar-refractivity contribution in [2.45, 2.75) is 112 Å². The smallest absolute Gasteiger partial charge is 0.222 e. The fraction of sp³-hybridized carbons (Fsp3) is 0.703. The van der Waals surface area contributed by atoms with Crippen molar-refractivity contribution in [1.29, 1.82) is 0 Å². The number of hydrogen-bond acceptors (Lipinski definition) is 11. The average Bonchev–Trinajstić information content (AvgIpc) is 4.05. The maximum Gasteiger partial charge on any atom is 0.222 e. The number of ether oxygens (including phenoxy) is 2. The summed E-state index contributed by atoms with van der Waals surface area (Å²) in [6.45, 7) is 17.7. The van der Waals surface area contributed by atoms with Crippen LogP contribution >= 0.6 is 0 Å². The maximum atomic E-state index is 11.8. The Morgan fingerprint density at radius 1 is 0.784 bits per heavy atom. The van der Waals surface area contributed by atoms with Gasteiger partial charge in [0.2, 0.25) is 23.4 Å². The van der Waals surface area contributed by atoms with Gasteiger partial charge in [0.25, 0.3) is 0 Å². The Hall–Kier alpha value is -3.91. The molecule has 0 bridgehead atoms. The number of rotatable bonds is 21. The Morgan fingerprint density at radius 3 is 1.90 bits per heavy atom. The van der Waals surface area contributed by atoms with Crippen LogP contribution in [0.3, 0.4) is 0 Å². The number of amides is 3. The molecule has 1 atom stereocenters. The number of nitrogens with one attached hydrogen (secondary N) is 3. The highest BCUT2D eigenvalue weighted by Gasteiger charge is 2.36. The number of carbonyl (C=O) groups excluding carboxylic acids is 5. The van der Waals surface area contributed by atoms with Crippen molar-refractivity contribution in [2.24, 2.45) is 38.2 Å². The number of Topliss-reactive ketones (excluding diaryl/α,β-unsaturated/α-hetero) is 2. The molecule has 51 heavy (non-hydrogen) atoms. The van der Waals surface area contributed by atoms with Gasteiger partial charge in [0.1, 0.15) is 0 Å². The number of carbonyl (C=O) groups is 5. The molecule has 3 rings (SSSR count). The second-order valence-corrected chi connectivity index (χ2v) is 13.4. The van der Waals surface area contributed by atoms with E-state index >= 15 is 0 Å². The fourth-order valence-corrected chi connectivity index (χ4v) is 3.99. The zero-order chi connectivity index (χ0) is 40.9.